The van der Waals surface area contributed by atoms with E-state index in [0.717, 1.165) is 0 Å². The Morgan fingerprint density at radius 2 is 1.38 bits per heavy atom. The zero-order valence-corrected chi connectivity index (χ0v) is 10.7. The molecule has 0 saturated heterocycles. The molecule has 1 rings (SSSR count). The Morgan fingerprint density at radius 1 is 1.15 bits per heavy atom. The molecular weight excluding hydrogens is 241 g/mol. The molecule has 0 N–H and O–H groups in total. The van der Waals surface area contributed by atoms with Crippen molar-refractivity contribution in [1.82, 2.24) is 0 Å². The van der Waals surface area contributed by atoms with Crippen molar-refractivity contribution in [2.24, 2.45) is 0 Å². The van der Waals surface area contributed by atoms with E-state index >= 15 is 0 Å². The largest absolute Gasteiger partial charge is 0.507 e. The van der Waals surface area contributed by atoms with Gasteiger partial charge >= 0.3 is 0 Å². The molecule has 0 spiro atoms. The minimum atomic E-state index is -0.437. The molecule has 1 radical (unpaired) electrons. The van der Waals surface area contributed by atoms with Gasteiger partial charge in [-0.05, 0) is 12.2 Å². The third-order valence-corrected chi connectivity index (χ3v) is 0.849. The Labute approximate surface area is 105 Å². The van der Waals surface area contributed by atoms with Crippen molar-refractivity contribution in [2.75, 3.05) is 0 Å². The molecule has 0 saturated carbocycles. The Hall–Kier alpha value is -0.336. The van der Waals surface area contributed by atoms with Gasteiger partial charge in [0.25, 0.3) is 0 Å². The fourth-order valence-corrected chi connectivity index (χ4v) is 0.450. The van der Waals surface area contributed by atoms with Crippen LogP contribution in [-0.2, 0) is 42.3 Å². The van der Waals surface area contributed by atoms with Crippen molar-refractivity contribution in [3.63, 3.8) is 0 Å². The summed E-state index contributed by atoms with van der Waals surface area (Å²) in [5.74, 6) is -0.875. The molecule has 0 aromatic rings. The molecule has 0 aliphatic heterocycles. The first kappa shape index (κ1) is 18.4. The Bertz CT molecular complexity index is 205. The molecule has 3 heteroatoms. The second kappa shape index (κ2) is 11.7. The van der Waals surface area contributed by atoms with Crippen LogP contribution in [0, 0.1) is 13.5 Å². The van der Waals surface area contributed by atoms with E-state index in [1.165, 1.54) is 12.2 Å². The second-order valence-electron chi connectivity index (χ2n) is 1.80. The van der Waals surface area contributed by atoms with Crippen molar-refractivity contribution in [3.8, 4) is 0 Å². The van der Waals surface area contributed by atoms with E-state index in [1.54, 1.807) is 19.1 Å². The number of ketones is 2. The van der Waals surface area contributed by atoms with Gasteiger partial charge in [0.15, 0.2) is 0 Å². The molecule has 0 bridgehead atoms. The van der Waals surface area contributed by atoms with Crippen LogP contribution in [0.4, 0.5) is 0 Å². The summed E-state index contributed by atoms with van der Waals surface area (Å²) < 4.78 is 0. The molecule has 0 atom stereocenters. The normalized spacial score (nSPS) is 11.8. The second-order valence-corrected chi connectivity index (χ2v) is 1.80. The van der Waals surface area contributed by atoms with Crippen LogP contribution in [0.25, 0.3) is 0 Å². The van der Waals surface area contributed by atoms with Crippen LogP contribution in [0.5, 0.6) is 0 Å². The van der Waals surface area contributed by atoms with Crippen LogP contribution in [0.2, 0.25) is 0 Å². The number of carbonyl (C=O) groups excluding carboxylic acids is 2. The maximum atomic E-state index is 10.3. The molecule has 0 unspecified atom stereocenters. The average Bonchev–Trinajstić information content (AvgIpc) is 1.97. The van der Waals surface area contributed by atoms with Crippen LogP contribution in [0.1, 0.15) is 6.92 Å². The Kier molecular flexibility index (Phi) is 16.6. The standard InChI is InChI=1S/C6H4O2.C3H5.CH3.Y/c7-5-3-1-2-4-6(5)8;1-3-2;;/h1-4H;1H2,2H3;1H3;/q;2*-1;. The smallest absolute Gasteiger partial charge is 0.225 e. The summed E-state index contributed by atoms with van der Waals surface area (Å²) in [6.07, 6.45) is 8.10. The van der Waals surface area contributed by atoms with Gasteiger partial charge in [-0.2, -0.15) is 6.92 Å². The number of hydrogen-bond acceptors (Lipinski definition) is 2. The Balaban J connectivity index is -0.000000180. The first-order valence-corrected chi connectivity index (χ1v) is 3.09. The van der Waals surface area contributed by atoms with Crippen LogP contribution in [-0.4, -0.2) is 11.6 Å². The van der Waals surface area contributed by atoms with Gasteiger partial charge in [-0.1, -0.05) is 12.2 Å². The summed E-state index contributed by atoms with van der Waals surface area (Å²) in [5.41, 5.74) is 0. The van der Waals surface area contributed by atoms with E-state index in [-0.39, 0.29) is 40.1 Å². The third-order valence-electron chi connectivity index (χ3n) is 0.849. The van der Waals surface area contributed by atoms with E-state index < -0.39 is 11.6 Å². The van der Waals surface area contributed by atoms with Crippen LogP contribution in [0.3, 0.4) is 0 Å². The van der Waals surface area contributed by atoms with Gasteiger partial charge in [-0.15, -0.1) is 0 Å². The van der Waals surface area contributed by atoms with Gasteiger partial charge in [0.05, 0.1) is 0 Å². The monoisotopic (exact) mass is 253 g/mol. The molecule has 13 heavy (non-hydrogen) atoms. The van der Waals surface area contributed by atoms with Crippen molar-refractivity contribution in [2.45, 2.75) is 6.92 Å². The number of allylic oxidation sites excluding steroid dienone is 5. The molecule has 0 aromatic heterocycles. The van der Waals surface area contributed by atoms with Gasteiger partial charge in [0, 0.05) is 32.7 Å². The van der Waals surface area contributed by atoms with Crippen molar-refractivity contribution < 1.29 is 42.3 Å². The number of rotatable bonds is 0. The quantitative estimate of drug-likeness (QED) is 0.374. The average molecular weight is 253 g/mol. The molecule has 69 valence electrons. The molecular formula is C10H12O2Y-2. The zero-order chi connectivity index (χ0) is 8.69. The molecule has 2 nitrogen and oxygen atoms in total. The molecule has 0 aromatic carbocycles. The molecule has 0 fully saturated rings. The number of hydrogen-bond donors (Lipinski definition) is 0. The summed E-state index contributed by atoms with van der Waals surface area (Å²) in [5, 5.41) is 0. The van der Waals surface area contributed by atoms with Crippen LogP contribution >= 0.6 is 0 Å². The number of carbonyl (C=O) groups is 2. The van der Waals surface area contributed by atoms with E-state index in [1.807, 2.05) is 0 Å². The summed E-state index contributed by atoms with van der Waals surface area (Å²) in [7, 11) is 0. The molecule has 0 heterocycles. The molecule has 1 aliphatic carbocycles. The van der Waals surface area contributed by atoms with Crippen LogP contribution < -0.4 is 0 Å². The SMILES string of the molecule is C=[C-]C.O=C1C=CC=CC1=O.[CH3-].[Y]. The van der Waals surface area contributed by atoms with Gasteiger partial charge in [-0.3, -0.25) is 16.2 Å². The molecule has 0 amide bonds. The van der Waals surface area contributed by atoms with Crippen molar-refractivity contribution in [3.05, 3.63) is 44.4 Å². The third kappa shape index (κ3) is 9.58. The molecule has 1 aliphatic rings. The van der Waals surface area contributed by atoms with E-state index in [4.69, 9.17) is 0 Å². The fraction of sp³-hybridized carbons (Fsp3) is 0.100. The topological polar surface area (TPSA) is 34.1 Å². The van der Waals surface area contributed by atoms with Gasteiger partial charge in [-0.25, -0.2) is 0 Å². The van der Waals surface area contributed by atoms with Crippen LogP contribution in [0.15, 0.2) is 30.9 Å². The summed E-state index contributed by atoms with van der Waals surface area (Å²) in [6, 6.07) is 0. The van der Waals surface area contributed by atoms with E-state index in [9.17, 15) is 9.59 Å². The predicted octanol–water partition coefficient (Wildman–Crippen LogP) is 1.69. The fourth-order valence-electron chi connectivity index (χ4n) is 0.450. The predicted molar refractivity (Wildman–Crippen MR) is 49.3 cm³/mol. The maximum absolute atomic E-state index is 10.3. The Morgan fingerprint density at radius 3 is 1.54 bits per heavy atom. The minimum absolute atomic E-state index is 0. The summed E-state index contributed by atoms with van der Waals surface area (Å²) in [6.45, 7) is 5.00. The van der Waals surface area contributed by atoms with Gasteiger partial charge in [0.2, 0.25) is 11.6 Å². The maximum Gasteiger partial charge on any atom is 0.225 e. The van der Waals surface area contributed by atoms with Crippen molar-refractivity contribution >= 4 is 11.6 Å². The first-order valence-electron chi connectivity index (χ1n) is 3.09. The first-order chi connectivity index (χ1) is 5.22. The van der Waals surface area contributed by atoms with E-state index in [0.29, 0.717) is 0 Å². The summed E-state index contributed by atoms with van der Waals surface area (Å²) in [4.78, 5) is 20.6. The van der Waals surface area contributed by atoms with Gasteiger partial charge in [0.1, 0.15) is 0 Å². The zero-order valence-electron chi connectivity index (χ0n) is 7.91. The van der Waals surface area contributed by atoms with Crippen molar-refractivity contribution in [1.29, 1.82) is 0 Å². The van der Waals surface area contributed by atoms with E-state index in [2.05, 4.69) is 12.7 Å². The van der Waals surface area contributed by atoms with Gasteiger partial charge < -0.3 is 13.5 Å². The minimum Gasteiger partial charge on any atom is -0.507 e. The summed E-state index contributed by atoms with van der Waals surface area (Å²) >= 11 is 0.